The standard InChI is InChI=1S/C9H5BrN4OS/c10-6-2-1-3-7(12-6)13-9-5(4-11)8(15)14-16-9/h1-3H,(H,12,13)(H,14,15). The van der Waals surface area contributed by atoms with Crippen molar-refractivity contribution in [2.75, 3.05) is 5.32 Å². The van der Waals surface area contributed by atoms with Gasteiger partial charge in [0.2, 0.25) is 0 Å². The van der Waals surface area contributed by atoms with E-state index in [1.165, 1.54) is 0 Å². The van der Waals surface area contributed by atoms with E-state index in [1.54, 1.807) is 18.2 Å². The Balaban J connectivity index is 2.35. The van der Waals surface area contributed by atoms with Crippen LogP contribution in [0.15, 0.2) is 27.6 Å². The van der Waals surface area contributed by atoms with E-state index in [0.717, 1.165) is 11.5 Å². The molecule has 80 valence electrons. The lowest BCUT2D eigenvalue weighted by Gasteiger charge is -2.01. The summed E-state index contributed by atoms with van der Waals surface area (Å²) in [5.74, 6) is 0.570. The summed E-state index contributed by atoms with van der Waals surface area (Å²) in [5, 5.41) is 12.2. The Morgan fingerprint density at radius 1 is 1.56 bits per heavy atom. The Morgan fingerprint density at radius 3 is 3.06 bits per heavy atom. The molecule has 0 amide bonds. The molecule has 0 fully saturated rings. The molecule has 0 bridgehead atoms. The molecule has 0 radical (unpaired) electrons. The van der Waals surface area contributed by atoms with E-state index >= 15 is 0 Å². The van der Waals surface area contributed by atoms with Gasteiger partial charge in [-0.3, -0.25) is 9.17 Å². The average molecular weight is 297 g/mol. The number of hydrogen-bond donors (Lipinski definition) is 2. The first-order valence-electron chi connectivity index (χ1n) is 4.22. The van der Waals surface area contributed by atoms with Crippen molar-refractivity contribution in [3.8, 4) is 6.07 Å². The molecule has 0 unspecified atom stereocenters. The van der Waals surface area contributed by atoms with Gasteiger partial charge in [0.15, 0.2) is 5.56 Å². The molecule has 0 aliphatic carbocycles. The van der Waals surface area contributed by atoms with E-state index in [2.05, 4.69) is 30.6 Å². The van der Waals surface area contributed by atoms with Crippen LogP contribution in [-0.4, -0.2) is 9.36 Å². The molecule has 0 spiro atoms. The molecule has 0 saturated carbocycles. The highest BCUT2D eigenvalue weighted by Gasteiger charge is 2.10. The third-order valence-corrected chi connectivity index (χ3v) is 3.01. The molecule has 0 aliphatic rings. The van der Waals surface area contributed by atoms with Gasteiger partial charge in [0.1, 0.15) is 21.5 Å². The number of anilines is 2. The minimum absolute atomic E-state index is 0.0757. The van der Waals surface area contributed by atoms with Gasteiger partial charge in [0.05, 0.1) is 0 Å². The molecule has 16 heavy (non-hydrogen) atoms. The van der Waals surface area contributed by atoms with Gasteiger partial charge in [-0.1, -0.05) is 6.07 Å². The quantitative estimate of drug-likeness (QED) is 0.833. The van der Waals surface area contributed by atoms with E-state index in [0.29, 0.717) is 15.4 Å². The molecule has 0 saturated heterocycles. The van der Waals surface area contributed by atoms with Crippen LogP contribution < -0.4 is 10.9 Å². The number of nitrogens with one attached hydrogen (secondary N) is 2. The van der Waals surface area contributed by atoms with Crippen LogP contribution in [0.5, 0.6) is 0 Å². The second-order valence-corrected chi connectivity index (χ2v) is 4.45. The SMILES string of the molecule is N#Cc1c(Nc2cccc(Br)n2)s[nH]c1=O. The van der Waals surface area contributed by atoms with Gasteiger partial charge in [-0.15, -0.1) is 0 Å². The van der Waals surface area contributed by atoms with Gasteiger partial charge in [-0.05, 0) is 39.6 Å². The average Bonchev–Trinajstić information content (AvgIpc) is 2.59. The third-order valence-electron chi connectivity index (χ3n) is 1.77. The molecule has 0 atom stereocenters. The van der Waals surface area contributed by atoms with Gasteiger partial charge in [-0.25, -0.2) is 4.98 Å². The zero-order chi connectivity index (χ0) is 11.5. The maximum Gasteiger partial charge on any atom is 0.278 e. The lowest BCUT2D eigenvalue weighted by atomic mass is 10.3. The van der Waals surface area contributed by atoms with Crippen LogP contribution in [0.2, 0.25) is 0 Å². The molecule has 5 nitrogen and oxygen atoms in total. The normalized spacial score (nSPS) is 9.75. The number of rotatable bonds is 2. The van der Waals surface area contributed by atoms with Crippen LogP contribution >= 0.6 is 27.5 Å². The van der Waals surface area contributed by atoms with E-state index in [9.17, 15) is 4.79 Å². The molecule has 7 heteroatoms. The number of pyridine rings is 1. The van der Waals surface area contributed by atoms with Gasteiger partial charge < -0.3 is 5.32 Å². The van der Waals surface area contributed by atoms with Crippen molar-refractivity contribution in [2.24, 2.45) is 0 Å². The third kappa shape index (κ3) is 2.13. The molecular weight excluding hydrogens is 292 g/mol. The second kappa shape index (κ2) is 4.47. The minimum atomic E-state index is -0.384. The summed E-state index contributed by atoms with van der Waals surface area (Å²) >= 11 is 4.31. The Hall–Kier alpha value is -1.65. The van der Waals surface area contributed by atoms with Gasteiger partial charge >= 0.3 is 0 Å². The van der Waals surface area contributed by atoms with E-state index in [4.69, 9.17) is 5.26 Å². The van der Waals surface area contributed by atoms with Crippen molar-refractivity contribution in [2.45, 2.75) is 0 Å². The molecule has 2 aromatic rings. The second-order valence-electron chi connectivity index (χ2n) is 2.82. The Morgan fingerprint density at radius 2 is 2.38 bits per heavy atom. The molecule has 2 heterocycles. The fourth-order valence-electron chi connectivity index (χ4n) is 1.09. The number of nitriles is 1. The summed E-state index contributed by atoms with van der Waals surface area (Å²) in [5.41, 5.74) is -0.309. The van der Waals surface area contributed by atoms with Crippen molar-refractivity contribution in [3.05, 3.63) is 38.7 Å². The lowest BCUT2D eigenvalue weighted by molar-refractivity contribution is 1.27. The lowest BCUT2D eigenvalue weighted by Crippen LogP contribution is -2.03. The number of halogens is 1. The summed E-state index contributed by atoms with van der Waals surface area (Å²) in [4.78, 5) is 15.3. The summed E-state index contributed by atoms with van der Waals surface area (Å²) in [6, 6.07) is 7.18. The zero-order valence-corrected chi connectivity index (χ0v) is 10.2. The number of H-pyrrole nitrogens is 1. The van der Waals surface area contributed by atoms with Crippen LogP contribution in [0.3, 0.4) is 0 Å². The monoisotopic (exact) mass is 296 g/mol. The maximum atomic E-state index is 11.2. The molecule has 0 aliphatic heterocycles. The zero-order valence-electron chi connectivity index (χ0n) is 7.82. The highest BCUT2D eigenvalue weighted by molar-refractivity contribution is 9.10. The maximum absolute atomic E-state index is 11.2. The predicted octanol–water partition coefficient (Wildman–Crippen LogP) is 2.21. The highest BCUT2D eigenvalue weighted by atomic mass is 79.9. The number of nitrogens with zero attached hydrogens (tertiary/aromatic N) is 2. The number of aromatic amines is 1. The van der Waals surface area contributed by atoms with E-state index in [-0.39, 0.29) is 11.1 Å². The highest BCUT2D eigenvalue weighted by Crippen LogP contribution is 2.21. The van der Waals surface area contributed by atoms with E-state index in [1.807, 2.05) is 6.07 Å². The summed E-state index contributed by atoms with van der Waals surface area (Å²) in [6.45, 7) is 0. The molecular formula is C9H5BrN4OS. The Kier molecular flexibility index (Phi) is 3.03. The van der Waals surface area contributed by atoms with Crippen LogP contribution in [0, 0.1) is 11.3 Å². The van der Waals surface area contributed by atoms with Gasteiger partial charge in [0, 0.05) is 0 Å². The number of hydrogen-bond acceptors (Lipinski definition) is 5. The largest absolute Gasteiger partial charge is 0.329 e. The van der Waals surface area contributed by atoms with Crippen molar-refractivity contribution in [1.82, 2.24) is 9.36 Å². The molecule has 2 N–H and O–H groups in total. The predicted molar refractivity (Wildman–Crippen MR) is 64.9 cm³/mol. The van der Waals surface area contributed by atoms with Crippen LogP contribution in [0.25, 0.3) is 0 Å². The van der Waals surface area contributed by atoms with E-state index < -0.39 is 0 Å². The van der Waals surface area contributed by atoms with Crippen LogP contribution in [-0.2, 0) is 0 Å². The summed E-state index contributed by atoms with van der Waals surface area (Å²) in [6.07, 6.45) is 0. The molecule has 2 aromatic heterocycles. The summed E-state index contributed by atoms with van der Waals surface area (Å²) in [7, 11) is 0. The van der Waals surface area contributed by atoms with Crippen molar-refractivity contribution >= 4 is 38.3 Å². The first kappa shape index (κ1) is 10.9. The fourth-order valence-corrected chi connectivity index (χ4v) is 2.12. The van der Waals surface area contributed by atoms with Crippen molar-refractivity contribution in [1.29, 1.82) is 5.26 Å². The Labute approximate surface area is 103 Å². The minimum Gasteiger partial charge on any atom is -0.329 e. The smallest absolute Gasteiger partial charge is 0.278 e. The Bertz CT molecular complexity index is 612. The summed E-state index contributed by atoms with van der Waals surface area (Å²) < 4.78 is 3.16. The van der Waals surface area contributed by atoms with Crippen LogP contribution in [0.4, 0.5) is 10.8 Å². The first-order valence-corrected chi connectivity index (χ1v) is 5.83. The van der Waals surface area contributed by atoms with Crippen LogP contribution in [0.1, 0.15) is 5.56 Å². The van der Waals surface area contributed by atoms with Crippen molar-refractivity contribution < 1.29 is 0 Å². The topological polar surface area (TPSA) is 81.6 Å². The first-order chi connectivity index (χ1) is 7.70. The molecule has 2 rings (SSSR count). The van der Waals surface area contributed by atoms with Gasteiger partial charge in [-0.2, -0.15) is 5.26 Å². The fraction of sp³-hybridized carbons (Fsp3) is 0. The molecule has 0 aromatic carbocycles. The van der Waals surface area contributed by atoms with Crippen molar-refractivity contribution in [3.63, 3.8) is 0 Å². The number of aromatic nitrogens is 2. The van der Waals surface area contributed by atoms with Gasteiger partial charge in [0.25, 0.3) is 5.56 Å².